The highest BCUT2D eigenvalue weighted by Gasteiger charge is 2.38. The molecule has 0 spiro atoms. The monoisotopic (exact) mass is 262 g/mol. The Morgan fingerprint density at radius 2 is 1.84 bits per heavy atom. The first-order valence-electron chi connectivity index (χ1n) is 6.94. The SMILES string of the molecule is NC1CC[C@@H]2CN(C(=O)c3ccc(F)cc3)C[C@@H]2C1. The number of nitrogens with two attached hydrogens (primary N) is 1. The van der Waals surface area contributed by atoms with Crippen LogP contribution in [0, 0.1) is 17.7 Å². The second-order valence-corrected chi connectivity index (χ2v) is 5.81. The van der Waals surface area contributed by atoms with Gasteiger partial charge in [0.2, 0.25) is 0 Å². The summed E-state index contributed by atoms with van der Waals surface area (Å²) in [5.74, 6) is 0.859. The highest BCUT2D eigenvalue weighted by Crippen LogP contribution is 2.36. The van der Waals surface area contributed by atoms with Gasteiger partial charge in [0.05, 0.1) is 0 Å². The van der Waals surface area contributed by atoms with Crippen LogP contribution in [0.2, 0.25) is 0 Å². The Hall–Kier alpha value is -1.42. The summed E-state index contributed by atoms with van der Waals surface area (Å²) in [6.07, 6.45) is 3.22. The molecular weight excluding hydrogens is 243 g/mol. The van der Waals surface area contributed by atoms with Gasteiger partial charge in [-0.1, -0.05) is 0 Å². The van der Waals surface area contributed by atoms with Crippen molar-refractivity contribution in [2.24, 2.45) is 17.6 Å². The van der Waals surface area contributed by atoms with E-state index in [1.165, 1.54) is 12.1 Å². The molecule has 1 saturated heterocycles. The average molecular weight is 262 g/mol. The van der Waals surface area contributed by atoms with Crippen molar-refractivity contribution in [3.8, 4) is 0 Å². The number of carbonyl (C=O) groups is 1. The van der Waals surface area contributed by atoms with Gasteiger partial charge in [-0.15, -0.1) is 0 Å². The third kappa shape index (κ3) is 2.50. The molecule has 1 unspecified atom stereocenters. The summed E-state index contributed by atoms with van der Waals surface area (Å²) in [4.78, 5) is 14.3. The summed E-state index contributed by atoms with van der Waals surface area (Å²) in [6.45, 7) is 1.63. The van der Waals surface area contributed by atoms with E-state index >= 15 is 0 Å². The molecule has 2 fully saturated rings. The van der Waals surface area contributed by atoms with E-state index in [1.807, 2.05) is 4.90 Å². The number of hydrogen-bond acceptors (Lipinski definition) is 2. The molecule has 1 aliphatic heterocycles. The standard InChI is InChI=1S/C15H19FN2O/c16-13-4-1-10(2-5-13)15(19)18-8-11-3-6-14(17)7-12(11)9-18/h1-2,4-5,11-12,14H,3,6-9,17H2/t11-,12+,14?/m1/s1. The quantitative estimate of drug-likeness (QED) is 0.841. The van der Waals surface area contributed by atoms with Gasteiger partial charge in [-0.05, 0) is 55.4 Å². The Morgan fingerprint density at radius 1 is 1.16 bits per heavy atom. The van der Waals surface area contributed by atoms with Crippen LogP contribution in [0.3, 0.4) is 0 Å². The minimum atomic E-state index is -0.308. The lowest BCUT2D eigenvalue weighted by Crippen LogP contribution is -2.32. The van der Waals surface area contributed by atoms with Crippen LogP contribution in [0.25, 0.3) is 0 Å². The molecule has 1 aliphatic carbocycles. The summed E-state index contributed by atoms with van der Waals surface area (Å²) < 4.78 is 12.9. The lowest BCUT2D eigenvalue weighted by molar-refractivity contribution is 0.0784. The molecular formula is C15H19FN2O. The maximum atomic E-state index is 12.9. The largest absolute Gasteiger partial charge is 0.338 e. The number of halogens is 1. The van der Waals surface area contributed by atoms with E-state index in [4.69, 9.17) is 5.73 Å². The van der Waals surface area contributed by atoms with E-state index in [0.717, 1.165) is 32.4 Å². The molecule has 0 bridgehead atoms. The Kier molecular flexibility index (Phi) is 3.27. The Morgan fingerprint density at radius 3 is 2.58 bits per heavy atom. The lowest BCUT2D eigenvalue weighted by Gasteiger charge is -2.27. The van der Waals surface area contributed by atoms with E-state index in [1.54, 1.807) is 12.1 Å². The maximum absolute atomic E-state index is 12.9. The summed E-state index contributed by atoms with van der Waals surface area (Å²) >= 11 is 0. The molecule has 2 aliphatic rings. The number of hydrogen-bond donors (Lipinski definition) is 1. The first-order valence-corrected chi connectivity index (χ1v) is 6.94. The van der Waals surface area contributed by atoms with Gasteiger partial charge >= 0.3 is 0 Å². The van der Waals surface area contributed by atoms with Gasteiger partial charge in [-0.3, -0.25) is 4.79 Å². The molecule has 3 nitrogen and oxygen atoms in total. The van der Waals surface area contributed by atoms with Gasteiger partial charge in [-0.25, -0.2) is 4.39 Å². The third-order valence-electron chi connectivity index (χ3n) is 4.47. The molecule has 1 aromatic carbocycles. The van der Waals surface area contributed by atoms with Crippen LogP contribution < -0.4 is 5.73 Å². The molecule has 19 heavy (non-hydrogen) atoms. The van der Waals surface area contributed by atoms with Crippen LogP contribution in [0.1, 0.15) is 29.6 Å². The van der Waals surface area contributed by atoms with Gasteiger partial charge in [0, 0.05) is 24.7 Å². The van der Waals surface area contributed by atoms with Gasteiger partial charge in [0.1, 0.15) is 5.82 Å². The van der Waals surface area contributed by atoms with Crippen LogP contribution in [0.15, 0.2) is 24.3 Å². The van der Waals surface area contributed by atoms with Crippen LogP contribution in [0.4, 0.5) is 4.39 Å². The average Bonchev–Trinajstić information content (AvgIpc) is 2.81. The van der Waals surface area contributed by atoms with E-state index in [2.05, 4.69) is 0 Å². The number of likely N-dealkylation sites (tertiary alicyclic amines) is 1. The van der Waals surface area contributed by atoms with Crippen molar-refractivity contribution >= 4 is 5.91 Å². The predicted octanol–water partition coefficient (Wildman–Crippen LogP) is 2.03. The topological polar surface area (TPSA) is 46.3 Å². The number of fused-ring (bicyclic) bond motifs is 1. The Labute approximate surface area is 112 Å². The van der Waals surface area contributed by atoms with Crippen molar-refractivity contribution in [2.45, 2.75) is 25.3 Å². The van der Waals surface area contributed by atoms with Crippen LogP contribution >= 0.6 is 0 Å². The molecule has 0 aromatic heterocycles. The maximum Gasteiger partial charge on any atom is 0.253 e. The van der Waals surface area contributed by atoms with Crippen LogP contribution in [0.5, 0.6) is 0 Å². The van der Waals surface area contributed by atoms with Crippen molar-refractivity contribution < 1.29 is 9.18 Å². The molecule has 1 amide bonds. The van der Waals surface area contributed by atoms with Gasteiger partial charge in [0.25, 0.3) is 5.91 Å². The molecule has 1 heterocycles. The minimum absolute atomic E-state index is 0.0166. The van der Waals surface area contributed by atoms with Crippen molar-refractivity contribution in [1.82, 2.24) is 4.90 Å². The van der Waals surface area contributed by atoms with E-state index in [0.29, 0.717) is 23.4 Å². The van der Waals surface area contributed by atoms with Crippen molar-refractivity contribution in [3.05, 3.63) is 35.6 Å². The van der Waals surface area contributed by atoms with Gasteiger partial charge in [0.15, 0.2) is 0 Å². The minimum Gasteiger partial charge on any atom is -0.338 e. The number of nitrogens with zero attached hydrogens (tertiary/aromatic N) is 1. The fourth-order valence-electron chi connectivity index (χ4n) is 3.41. The third-order valence-corrected chi connectivity index (χ3v) is 4.47. The zero-order chi connectivity index (χ0) is 13.4. The smallest absolute Gasteiger partial charge is 0.253 e. The molecule has 1 aromatic rings. The highest BCUT2D eigenvalue weighted by atomic mass is 19.1. The van der Waals surface area contributed by atoms with E-state index in [9.17, 15) is 9.18 Å². The van der Waals surface area contributed by atoms with Gasteiger partial charge in [-0.2, -0.15) is 0 Å². The number of benzene rings is 1. The number of amides is 1. The summed E-state index contributed by atoms with van der Waals surface area (Å²) in [6, 6.07) is 6.09. The molecule has 4 heteroatoms. The lowest BCUT2D eigenvalue weighted by atomic mass is 9.79. The molecule has 102 valence electrons. The molecule has 0 radical (unpaired) electrons. The first-order chi connectivity index (χ1) is 9.13. The zero-order valence-electron chi connectivity index (χ0n) is 10.9. The van der Waals surface area contributed by atoms with E-state index < -0.39 is 0 Å². The summed E-state index contributed by atoms with van der Waals surface area (Å²) in [7, 11) is 0. The Bertz CT molecular complexity index is 474. The van der Waals surface area contributed by atoms with Crippen molar-refractivity contribution in [2.75, 3.05) is 13.1 Å². The van der Waals surface area contributed by atoms with E-state index in [-0.39, 0.29) is 11.7 Å². The molecule has 2 N–H and O–H groups in total. The van der Waals surface area contributed by atoms with Crippen LogP contribution in [-0.2, 0) is 0 Å². The summed E-state index contributed by atoms with van der Waals surface area (Å²) in [5, 5.41) is 0. The number of carbonyl (C=O) groups excluding carboxylic acids is 1. The van der Waals surface area contributed by atoms with Crippen LogP contribution in [-0.4, -0.2) is 29.9 Å². The predicted molar refractivity (Wildman–Crippen MR) is 71.1 cm³/mol. The fourth-order valence-corrected chi connectivity index (χ4v) is 3.41. The molecule has 1 saturated carbocycles. The second kappa shape index (κ2) is 4.93. The van der Waals surface area contributed by atoms with Crippen molar-refractivity contribution in [1.29, 1.82) is 0 Å². The second-order valence-electron chi connectivity index (χ2n) is 5.81. The number of rotatable bonds is 1. The first kappa shape index (κ1) is 12.6. The zero-order valence-corrected chi connectivity index (χ0v) is 10.9. The highest BCUT2D eigenvalue weighted by molar-refractivity contribution is 5.94. The Balaban J connectivity index is 1.70. The molecule has 3 rings (SSSR count). The van der Waals surface area contributed by atoms with Gasteiger partial charge < -0.3 is 10.6 Å². The summed E-state index contributed by atoms with van der Waals surface area (Å²) in [5.41, 5.74) is 6.57. The molecule has 3 atom stereocenters. The van der Waals surface area contributed by atoms with Crippen molar-refractivity contribution in [3.63, 3.8) is 0 Å². The fraction of sp³-hybridized carbons (Fsp3) is 0.533. The normalized spacial score (nSPS) is 30.2.